The zero-order valence-electron chi connectivity index (χ0n) is 10.6. The van der Waals surface area contributed by atoms with E-state index in [4.69, 9.17) is 11.0 Å². The molecule has 0 heterocycles. The van der Waals surface area contributed by atoms with Gasteiger partial charge in [-0.3, -0.25) is 4.79 Å². The molecule has 0 fully saturated rings. The Labute approximate surface area is 115 Å². The van der Waals surface area contributed by atoms with E-state index in [1.807, 2.05) is 6.07 Å². The molecule has 0 atom stereocenters. The van der Waals surface area contributed by atoms with Crippen LogP contribution >= 0.6 is 0 Å². The number of anilines is 1. The van der Waals surface area contributed by atoms with Crippen molar-refractivity contribution in [1.82, 2.24) is 5.32 Å². The van der Waals surface area contributed by atoms with E-state index in [2.05, 4.69) is 5.32 Å². The molecule has 0 aromatic heterocycles. The molecule has 2 aromatic carbocycles. The highest BCUT2D eigenvalue weighted by Crippen LogP contribution is 2.13. The molecule has 0 saturated carbocycles. The smallest absolute Gasteiger partial charge is 0.253 e. The topological polar surface area (TPSA) is 78.9 Å². The Bertz CT molecular complexity index is 692. The molecule has 2 rings (SSSR count). The van der Waals surface area contributed by atoms with Gasteiger partial charge in [-0.15, -0.1) is 0 Å². The summed E-state index contributed by atoms with van der Waals surface area (Å²) in [5.41, 5.74) is 7.25. The van der Waals surface area contributed by atoms with Gasteiger partial charge in [0.25, 0.3) is 5.91 Å². The molecule has 0 aliphatic carbocycles. The summed E-state index contributed by atoms with van der Waals surface area (Å²) in [6, 6.07) is 12.5. The van der Waals surface area contributed by atoms with Crippen molar-refractivity contribution in [3.8, 4) is 6.07 Å². The summed E-state index contributed by atoms with van der Waals surface area (Å²) >= 11 is 0. The summed E-state index contributed by atoms with van der Waals surface area (Å²) in [5.74, 6) is -0.972. The van der Waals surface area contributed by atoms with Crippen LogP contribution < -0.4 is 11.1 Å². The normalized spacial score (nSPS) is 9.80. The first-order chi connectivity index (χ1) is 9.60. The minimum atomic E-state index is -0.518. The summed E-state index contributed by atoms with van der Waals surface area (Å²) < 4.78 is 13.1. The maximum Gasteiger partial charge on any atom is 0.253 e. The zero-order chi connectivity index (χ0) is 14.5. The number of nitrogen functional groups attached to an aromatic ring is 1. The average molecular weight is 269 g/mol. The van der Waals surface area contributed by atoms with Crippen LogP contribution in [-0.2, 0) is 6.54 Å². The van der Waals surface area contributed by atoms with Crippen LogP contribution in [0.1, 0.15) is 21.5 Å². The Morgan fingerprint density at radius 1 is 1.30 bits per heavy atom. The van der Waals surface area contributed by atoms with Crippen LogP contribution in [0.15, 0.2) is 42.5 Å². The lowest BCUT2D eigenvalue weighted by Gasteiger charge is -2.08. The Morgan fingerprint density at radius 3 is 2.85 bits per heavy atom. The molecule has 2 aromatic rings. The van der Waals surface area contributed by atoms with E-state index in [1.165, 1.54) is 12.1 Å². The van der Waals surface area contributed by atoms with Crippen LogP contribution in [0.3, 0.4) is 0 Å². The number of rotatable bonds is 3. The first-order valence-corrected chi connectivity index (χ1v) is 5.92. The molecule has 0 radical (unpaired) electrons. The van der Waals surface area contributed by atoms with Crippen LogP contribution in [0.25, 0.3) is 0 Å². The highest BCUT2D eigenvalue weighted by Gasteiger charge is 2.10. The van der Waals surface area contributed by atoms with Crippen molar-refractivity contribution in [2.45, 2.75) is 6.54 Å². The molecule has 0 spiro atoms. The maximum absolute atomic E-state index is 13.1. The van der Waals surface area contributed by atoms with E-state index in [9.17, 15) is 9.18 Å². The van der Waals surface area contributed by atoms with E-state index >= 15 is 0 Å². The molecule has 0 bridgehead atoms. The molecule has 0 unspecified atom stereocenters. The minimum Gasteiger partial charge on any atom is -0.398 e. The van der Waals surface area contributed by atoms with Crippen molar-refractivity contribution in [3.63, 3.8) is 0 Å². The fourth-order valence-electron chi connectivity index (χ4n) is 1.75. The Kier molecular flexibility index (Phi) is 3.96. The number of hydrogen-bond donors (Lipinski definition) is 2. The van der Waals surface area contributed by atoms with Crippen LogP contribution in [0.5, 0.6) is 0 Å². The van der Waals surface area contributed by atoms with Crippen LogP contribution in [0.4, 0.5) is 10.1 Å². The third kappa shape index (κ3) is 3.12. The van der Waals surface area contributed by atoms with Crippen molar-refractivity contribution in [2.75, 3.05) is 5.73 Å². The number of benzene rings is 2. The van der Waals surface area contributed by atoms with E-state index < -0.39 is 11.7 Å². The summed E-state index contributed by atoms with van der Waals surface area (Å²) in [5, 5.41) is 11.4. The first kappa shape index (κ1) is 13.6. The van der Waals surface area contributed by atoms with Crippen LogP contribution in [-0.4, -0.2) is 5.91 Å². The summed E-state index contributed by atoms with van der Waals surface area (Å²) in [4.78, 5) is 11.9. The third-order valence-electron chi connectivity index (χ3n) is 2.77. The Hall–Kier alpha value is -2.87. The van der Waals surface area contributed by atoms with Gasteiger partial charge >= 0.3 is 0 Å². The lowest BCUT2D eigenvalue weighted by Crippen LogP contribution is -2.24. The SMILES string of the molecule is N#Cc1cccc(CNC(=O)c2cc(F)ccc2N)c1. The van der Waals surface area contributed by atoms with Gasteiger partial charge in [-0.1, -0.05) is 12.1 Å². The van der Waals surface area contributed by atoms with Gasteiger partial charge in [0, 0.05) is 12.2 Å². The molecule has 0 saturated heterocycles. The van der Waals surface area contributed by atoms with Gasteiger partial charge in [-0.2, -0.15) is 5.26 Å². The molecule has 4 nitrogen and oxygen atoms in total. The van der Waals surface area contributed by atoms with Crippen molar-refractivity contribution in [2.24, 2.45) is 0 Å². The number of nitriles is 1. The quantitative estimate of drug-likeness (QED) is 0.838. The van der Waals surface area contributed by atoms with Crippen molar-refractivity contribution < 1.29 is 9.18 Å². The average Bonchev–Trinajstić information content (AvgIpc) is 2.47. The van der Waals surface area contributed by atoms with Crippen LogP contribution in [0.2, 0.25) is 0 Å². The highest BCUT2D eigenvalue weighted by atomic mass is 19.1. The number of carbonyl (C=O) groups excluding carboxylic acids is 1. The molecule has 0 aliphatic rings. The lowest BCUT2D eigenvalue weighted by atomic mass is 10.1. The zero-order valence-corrected chi connectivity index (χ0v) is 10.6. The number of amides is 1. The number of nitrogens with one attached hydrogen (secondary N) is 1. The molecular formula is C15H12FN3O. The molecule has 100 valence electrons. The second kappa shape index (κ2) is 5.85. The number of nitrogens with zero attached hydrogens (tertiary/aromatic N) is 1. The fourth-order valence-corrected chi connectivity index (χ4v) is 1.75. The van der Waals surface area contributed by atoms with Gasteiger partial charge in [-0.05, 0) is 35.9 Å². The van der Waals surface area contributed by atoms with Crippen molar-refractivity contribution in [3.05, 3.63) is 65.0 Å². The third-order valence-corrected chi connectivity index (χ3v) is 2.77. The minimum absolute atomic E-state index is 0.0986. The van der Waals surface area contributed by atoms with Gasteiger partial charge in [0.2, 0.25) is 0 Å². The number of carbonyl (C=O) groups is 1. The number of nitrogens with two attached hydrogens (primary N) is 1. The molecule has 5 heteroatoms. The van der Waals surface area contributed by atoms with Gasteiger partial charge in [0.1, 0.15) is 5.82 Å². The van der Waals surface area contributed by atoms with Gasteiger partial charge < -0.3 is 11.1 Å². The number of hydrogen-bond acceptors (Lipinski definition) is 3. The summed E-state index contributed by atoms with van der Waals surface area (Å²) in [7, 11) is 0. The number of halogens is 1. The highest BCUT2D eigenvalue weighted by molar-refractivity contribution is 5.99. The first-order valence-electron chi connectivity index (χ1n) is 5.92. The standard InChI is InChI=1S/C15H12FN3O/c16-12-4-5-14(18)13(7-12)15(20)19-9-11-3-1-2-10(6-11)8-17/h1-7H,9,18H2,(H,19,20). The molecule has 3 N–H and O–H groups in total. The van der Waals surface area contributed by atoms with E-state index in [0.29, 0.717) is 5.56 Å². The molecule has 1 amide bonds. The summed E-state index contributed by atoms with van der Waals surface area (Å²) in [6.07, 6.45) is 0. The Morgan fingerprint density at radius 2 is 2.10 bits per heavy atom. The monoisotopic (exact) mass is 269 g/mol. The molecular weight excluding hydrogens is 257 g/mol. The predicted octanol–water partition coefficient (Wildman–Crippen LogP) is 2.21. The lowest BCUT2D eigenvalue weighted by molar-refractivity contribution is 0.0951. The largest absolute Gasteiger partial charge is 0.398 e. The van der Waals surface area contributed by atoms with E-state index in [0.717, 1.165) is 11.6 Å². The molecule has 20 heavy (non-hydrogen) atoms. The van der Waals surface area contributed by atoms with Crippen molar-refractivity contribution in [1.29, 1.82) is 5.26 Å². The van der Waals surface area contributed by atoms with E-state index in [-0.39, 0.29) is 17.8 Å². The van der Waals surface area contributed by atoms with Crippen LogP contribution in [0, 0.1) is 17.1 Å². The second-order valence-corrected chi connectivity index (χ2v) is 4.23. The predicted molar refractivity (Wildman–Crippen MR) is 73.1 cm³/mol. The fraction of sp³-hybridized carbons (Fsp3) is 0.0667. The summed E-state index contributed by atoms with van der Waals surface area (Å²) in [6.45, 7) is 0.240. The van der Waals surface area contributed by atoms with Gasteiger partial charge in [0.05, 0.1) is 17.2 Å². The van der Waals surface area contributed by atoms with Gasteiger partial charge in [0.15, 0.2) is 0 Å². The Balaban J connectivity index is 2.09. The van der Waals surface area contributed by atoms with Crippen molar-refractivity contribution >= 4 is 11.6 Å². The van der Waals surface area contributed by atoms with Gasteiger partial charge in [-0.25, -0.2) is 4.39 Å². The second-order valence-electron chi connectivity index (χ2n) is 4.23. The van der Waals surface area contributed by atoms with E-state index in [1.54, 1.807) is 24.3 Å². The molecule has 0 aliphatic heterocycles. The maximum atomic E-state index is 13.1.